The van der Waals surface area contributed by atoms with Crippen molar-refractivity contribution in [3.8, 4) is 17.2 Å². The Morgan fingerprint density at radius 1 is 1.13 bits per heavy atom. The molecule has 1 aliphatic rings. The fourth-order valence-corrected chi connectivity index (χ4v) is 4.10. The van der Waals surface area contributed by atoms with Crippen LogP contribution in [0, 0.1) is 24.2 Å². The third kappa shape index (κ3) is 4.77. The van der Waals surface area contributed by atoms with Gasteiger partial charge in [-0.05, 0) is 61.3 Å². The molecule has 158 valence electrons. The first-order chi connectivity index (χ1) is 15.1. The van der Waals surface area contributed by atoms with E-state index in [1.807, 2.05) is 47.9 Å². The quantitative estimate of drug-likeness (QED) is 0.496. The highest BCUT2D eigenvalue weighted by atomic mass is 16.1. The van der Waals surface area contributed by atoms with Crippen LogP contribution in [0.2, 0.25) is 0 Å². The number of rotatable bonds is 8. The molecule has 3 aromatic rings. The van der Waals surface area contributed by atoms with E-state index < -0.39 is 0 Å². The summed E-state index contributed by atoms with van der Waals surface area (Å²) in [5, 5.41) is 9.38. The topological polar surface area (TPSA) is 58.7 Å². The summed E-state index contributed by atoms with van der Waals surface area (Å²) in [7, 11) is 0. The minimum absolute atomic E-state index is 0.129. The van der Waals surface area contributed by atoms with Crippen LogP contribution in [0.3, 0.4) is 0 Å². The van der Waals surface area contributed by atoms with E-state index in [1.54, 1.807) is 0 Å². The molecule has 2 aromatic carbocycles. The second kappa shape index (κ2) is 9.31. The summed E-state index contributed by atoms with van der Waals surface area (Å²) in [4.78, 5) is 18.3. The SMILES string of the molecule is CCCCc1nc(C)n(CC2CC2)c(=O)c1Cc1ccc(-c2ccccc2C#N)cc1. The van der Waals surface area contributed by atoms with Crippen LogP contribution in [0.5, 0.6) is 0 Å². The number of hydrogen-bond acceptors (Lipinski definition) is 3. The van der Waals surface area contributed by atoms with Crippen molar-refractivity contribution in [2.45, 2.75) is 58.9 Å². The smallest absolute Gasteiger partial charge is 0.257 e. The molecule has 0 spiro atoms. The minimum atomic E-state index is 0.129. The Balaban J connectivity index is 1.66. The third-order valence-electron chi connectivity index (χ3n) is 6.14. The summed E-state index contributed by atoms with van der Waals surface area (Å²) in [6, 6.07) is 18.1. The molecule has 4 nitrogen and oxygen atoms in total. The van der Waals surface area contributed by atoms with Crippen LogP contribution in [0.25, 0.3) is 11.1 Å². The van der Waals surface area contributed by atoms with Crippen molar-refractivity contribution in [1.82, 2.24) is 9.55 Å². The van der Waals surface area contributed by atoms with Crippen LogP contribution < -0.4 is 5.56 Å². The molecule has 0 N–H and O–H groups in total. The van der Waals surface area contributed by atoms with Gasteiger partial charge in [-0.25, -0.2) is 4.98 Å². The largest absolute Gasteiger partial charge is 0.296 e. The molecule has 1 heterocycles. The van der Waals surface area contributed by atoms with Gasteiger partial charge in [-0.1, -0.05) is 55.8 Å². The standard InChI is InChI=1S/C27H29N3O/c1-3-4-9-26-25(27(31)30(19(2)29-26)18-21-10-11-21)16-20-12-14-22(15-13-20)24-8-6-5-7-23(24)17-28/h5-8,12-15,21H,3-4,9-11,16,18H2,1-2H3. The van der Waals surface area contributed by atoms with Gasteiger partial charge in [0.05, 0.1) is 17.3 Å². The van der Waals surface area contributed by atoms with E-state index in [0.717, 1.165) is 59.6 Å². The zero-order valence-corrected chi connectivity index (χ0v) is 18.4. The Kier molecular flexibility index (Phi) is 6.32. The second-order valence-corrected chi connectivity index (χ2v) is 8.58. The van der Waals surface area contributed by atoms with E-state index in [2.05, 4.69) is 25.1 Å². The van der Waals surface area contributed by atoms with E-state index in [0.29, 0.717) is 17.9 Å². The second-order valence-electron chi connectivity index (χ2n) is 8.58. The van der Waals surface area contributed by atoms with Gasteiger partial charge in [0.2, 0.25) is 0 Å². The van der Waals surface area contributed by atoms with Crippen molar-refractivity contribution in [3.05, 3.63) is 87.1 Å². The molecule has 31 heavy (non-hydrogen) atoms. The predicted molar refractivity (Wildman–Crippen MR) is 124 cm³/mol. The van der Waals surface area contributed by atoms with Gasteiger partial charge in [0, 0.05) is 18.5 Å². The molecule has 0 aliphatic heterocycles. The summed E-state index contributed by atoms with van der Waals surface area (Å²) in [6.07, 6.45) is 5.98. The number of benzene rings is 2. The average molecular weight is 412 g/mol. The predicted octanol–water partition coefficient (Wildman–Crippen LogP) is 5.43. The Hall–Kier alpha value is -3.19. The highest BCUT2D eigenvalue weighted by molar-refractivity contribution is 5.70. The van der Waals surface area contributed by atoms with E-state index in [1.165, 1.54) is 12.8 Å². The minimum Gasteiger partial charge on any atom is -0.296 e. The first-order valence-electron chi connectivity index (χ1n) is 11.3. The van der Waals surface area contributed by atoms with Crippen molar-refractivity contribution in [2.24, 2.45) is 5.92 Å². The molecule has 1 aliphatic carbocycles. The van der Waals surface area contributed by atoms with E-state index in [9.17, 15) is 10.1 Å². The van der Waals surface area contributed by atoms with Crippen molar-refractivity contribution < 1.29 is 0 Å². The lowest BCUT2D eigenvalue weighted by atomic mass is 9.97. The van der Waals surface area contributed by atoms with Gasteiger partial charge in [0.15, 0.2) is 0 Å². The average Bonchev–Trinajstić information content (AvgIpc) is 3.62. The zero-order chi connectivity index (χ0) is 21.8. The lowest BCUT2D eigenvalue weighted by molar-refractivity contribution is 0.565. The van der Waals surface area contributed by atoms with Gasteiger partial charge < -0.3 is 0 Å². The lowest BCUT2D eigenvalue weighted by Crippen LogP contribution is -2.30. The van der Waals surface area contributed by atoms with Gasteiger partial charge in [0.1, 0.15) is 5.82 Å². The van der Waals surface area contributed by atoms with E-state index in [4.69, 9.17) is 4.98 Å². The first-order valence-corrected chi connectivity index (χ1v) is 11.3. The fraction of sp³-hybridized carbons (Fsp3) is 0.370. The summed E-state index contributed by atoms with van der Waals surface area (Å²) >= 11 is 0. The lowest BCUT2D eigenvalue weighted by Gasteiger charge is -2.15. The number of unbranched alkanes of at least 4 members (excludes halogenated alkanes) is 1. The molecule has 4 rings (SSSR count). The van der Waals surface area contributed by atoms with Gasteiger partial charge in [-0.3, -0.25) is 9.36 Å². The number of nitriles is 1. The number of aryl methyl sites for hydroxylation is 2. The maximum Gasteiger partial charge on any atom is 0.257 e. The Morgan fingerprint density at radius 3 is 2.55 bits per heavy atom. The van der Waals surface area contributed by atoms with Crippen molar-refractivity contribution in [1.29, 1.82) is 5.26 Å². The van der Waals surface area contributed by atoms with Crippen LogP contribution in [-0.4, -0.2) is 9.55 Å². The van der Waals surface area contributed by atoms with Crippen LogP contribution >= 0.6 is 0 Å². The van der Waals surface area contributed by atoms with Crippen LogP contribution in [0.1, 0.15) is 60.8 Å². The first kappa shape index (κ1) is 21.1. The van der Waals surface area contributed by atoms with Crippen molar-refractivity contribution in [3.63, 3.8) is 0 Å². The molecule has 1 fully saturated rings. The number of nitrogens with zero attached hydrogens (tertiary/aromatic N) is 3. The molecule has 0 unspecified atom stereocenters. The highest BCUT2D eigenvalue weighted by Crippen LogP contribution is 2.30. The van der Waals surface area contributed by atoms with Crippen molar-refractivity contribution in [2.75, 3.05) is 0 Å². The molecular formula is C27H29N3O. The molecular weight excluding hydrogens is 382 g/mol. The Labute approximate surface area is 184 Å². The molecule has 4 heteroatoms. The molecule has 1 aromatic heterocycles. The Morgan fingerprint density at radius 2 is 1.87 bits per heavy atom. The van der Waals surface area contributed by atoms with Gasteiger partial charge in [0.25, 0.3) is 5.56 Å². The summed E-state index contributed by atoms with van der Waals surface area (Å²) in [5.74, 6) is 1.47. The van der Waals surface area contributed by atoms with E-state index >= 15 is 0 Å². The monoisotopic (exact) mass is 411 g/mol. The van der Waals surface area contributed by atoms with Crippen LogP contribution in [-0.2, 0) is 19.4 Å². The molecule has 0 radical (unpaired) electrons. The maximum atomic E-state index is 13.4. The number of aromatic nitrogens is 2. The molecule has 1 saturated carbocycles. The van der Waals surface area contributed by atoms with Gasteiger partial charge in [-0.2, -0.15) is 5.26 Å². The molecule has 0 saturated heterocycles. The normalized spacial score (nSPS) is 13.2. The van der Waals surface area contributed by atoms with Gasteiger partial charge in [-0.15, -0.1) is 0 Å². The third-order valence-corrected chi connectivity index (χ3v) is 6.14. The zero-order valence-electron chi connectivity index (χ0n) is 18.4. The molecule has 0 amide bonds. The summed E-state index contributed by atoms with van der Waals surface area (Å²) in [5.41, 5.74) is 5.63. The maximum absolute atomic E-state index is 13.4. The number of hydrogen-bond donors (Lipinski definition) is 0. The van der Waals surface area contributed by atoms with Gasteiger partial charge >= 0.3 is 0 Å². The molecule has 0 bridgehead atoms. The Bertz CT molecular complexity index is 1160. The van der Waals surface area contributed by atoms with Crippen molar-refractivity contribution >= 4 is 0 Å². The fourth-order valence-electron chi connectivity index (χ4n) is 4.10. The van der Waals surface area contributed by atoms with Crippen LogP contribution in [0.4, 0.5) is 0 Å². The van der Waals surface area contributed by atoms with E-state index in [-0.39, 0.29) is 5.56 Å². The summed E-state index contributed by atoms with van der Waals surface area (Å²) in [6.45, 7) is 4.92. The molecule has 0 atom stereocenters. The summed E-state index contributed by atoms with van der Waals surface area (Å²) < 4.78 is 1.89. The van der Waals surface area contributed by atoms with Crippen LogP contribution in [0.15, 0.2) is 53.3 Å². The highest BCUT2D eigenvalue weighted by Gasteiger charge is 2.24.